The van der Waals surface area contributed by atoms with Crippen LogP contribution in [0.15, 0.2) is 24.3 Å². The predicted octanol–water partition coefficient (Wildman–Crippen LogP) is 1.73. The first-order valence-corrected chi connectivity index (χ1v) is 6.20. The normalized spacial score (nSPS) is 10.3. The second kappa shape index (κ2) is 7.07. The van der Waals surface area contributed by atoms with E-state index in [9.17, 15) is 4.79 Å². The minimum atomic E-state index is 0.194. The summed E-state index contributed by atoms with van der Waals surface area (Å²) in [5.41, 5.74) is 7.94. The molecule has 0 radical (unpaired) electrons. The Morgan fingerprint density at radius 3 is 2.76 bits per heavy atom. The molecular weight excluding hydrogens is 212 g/mol. The second-order valence-corrected chi connectivity index (χ2v) is 4.25. The molecule has 0 saturated heterocycles. The number of hydrogen-bond acceptors (Lipinski definition) is 2. The molecule has 2 N–H and O–H groups in total. The van der Waals surface area contributed by atoms with E-state index in [1.165, 1.54) is 11.1 Å². The van der Waals surface area contributed by atoms with Gasteiger partial charge < -0.3 is 10.6 Å². The summed E-state index contributed by atoms with van der Waals surface area (Å²) in [6.07, 6.45) is 1.37. The minimum Gasteiger partial charge on any atom is -0.342 e. The average Bonchev–Trinajstić information content (AvgIpc) is 2.33. The maximum Gasteiger partial charge on any atom is 0.222 e. The Labute approximate surface area is 104 Å². The van der Waals surface area contributed by atoms with Gasteiger partial charge in [0.2, 0.25) is 5.91 Å². The van der Waals surface area contributed by atoms with Gasteiger partial charge in [0.1, 0.15) is 0 Å². The Balaban J connectivity index is 2.47. The van der Waals surface area contributed by atoms with E-state index in [-0.39, 0.29) is 5.91 Å². The van der Waals surface area contributed by atoms with Crippen molar-refractivity contribution in [1.29, 1.82) is 0 Å². The maximum atomic E-state index is 11.9. The van der Waals surface area contributed by atoms with Crippen molar-refractivity contribution < 1.29 is 4.79 Å². The van der Waals surface area contributed by atoms with Crippen molar-refractivity contribution in [3.8, 4) is 0 Å². The number of nitrogens with two attached hydrogens (primary N) is 1. The molecule has 0 spiro atoms. The molecule has 1 aromatic rings. The molecule has 0 fully saturated rings. The minimum absolute atomic E-state index is 0.194. The third-order valence-electron chi connectivity index (χ3n) is 2.84. The quantitative estimate of drug-likeness (QED) is 0.815. The van der Waals surface area contributed by atoms with Gasteiger partial charge in [0, 0.05) is 26.1 Å². The Hall–Kier alpha value is -1.35. The summed E-state index contributed by atoms with van der Waals surface area (Å²) in [4.78, 5) is 13.7. The number of rotatable bonds is 6. The number of likely N-dealkylation sites (N-methyl/N-ethyl adjacent to an activating group) is 1. The van der Waals surface area contributed by atoms with Crippen LogP contribution >= 0.6 is 0 Å². The van der Waals surface area contributed by atoms with Crippen molar-refractivity contribution >= 4 is 5.91 Å². The molecule has 1 rings (SSSR count). The van der Waals surface area contributed by atoms with E-state index in [0.717, 1.165) is 13.0 Å². The van der Waals surface area contributed by atoms with Crippen LogP contribution in [0.3, 0.4) is 0 Å². The van der Waals surface area contributed by atoms with Crippen molar-refractivity contribution in [1.82, 2.24) is 4.90 Å². The monoisotopic (exact) mass is 234 g/mol. The van der Waals surface area contributed by atoms with Crippen LogP contribution in [0.2, 0.25) is 0 Å². The van der Waals surface area contributed by atoms with Crippen molar-refractivity contribution in [2.45, 2.75) is 26.7 Å². The summed E-state index contributed by atoms with van der Waals surface area (Å²) < 4.78 is 0. The largest absolute Gasteiger partial charge is 0.342 e. The summed E-state index contributed by atoms with van der Waals surface area (Å²) in [7, 11) is 0. The molecule has 94 valence electrons. The molecule has 1 aromatic carbocycles. The molecule has 0 aromatic heterocycles. The summed E-state index contributed by atoms with van der Waals surface area (Å²) in [5.74, 6) is 0.194. The fraction of sp³-hybridized carbons (Fsp3) is 0.500. The lowest BCUT2D eigenvalue weighted by Crippen LogP contribution is -2.35. The first-order chi connectivity index (χ1) is 8.17. The lowest BCUT2D eigenvalue weighted by molar-refractivity contribution is -0.130. The van der Waals surface area contributed by atoms with Crippen LogP contribution in [-0.2, 0) is 11.2 Å². The van der Waals surface area contributed by atoms with E-state index in [1.54, 1.807) is 0 Å². The first kappa shape index (κ1) is 13.7. The standard InChI is InChI=1S/C14H22N2O/c1-3-16(10-9-15)14(17)8-7-13-6-4-5-12(2)11-13/h4-6,11H,3,7-10,15H2,1-2H3. The third kappa shape index (κ3) is 4.57. The Morgan fingerprint density at radius 1 is 1.41 bits per heavy atom. The highest BCUT2D eigenvalue weighted by atomic mass is 16.2. The van der Waals surface area contributed by atoms with Crippen LogP contribution in [0.5, 0.6) is 0 Å². The number of amides is 1. The zero-order chi connectivity index (χ0) is 12.7. The highest BCUT2D eigenvalue weighted by Crippen LogP contribution is 2.07. The van der Waals surface area contributed by atoms with Crippen molar-refractivity contribution in [3.05, 3.63) is 35.4 Å². The van der Waals surface area contributed by atoms with Crippen LogP contribution in [0.4, 0.5) is 0 Å². The third-order valence-corrected chi connectivity index (χ3v) is 2.84. The van der Waals surface area contributed by atoms with Crippen molar-refractivity contribution in [2.24, 2.45) is 5.73 Å². The fourth-order valence-corrected chi connectivity index (χ4v) is 1.89. The van der Waals surface area contributed by atoms with Crippen LogP contribution in [0.1, 0.15) is 24.5 Å². The average molecular weight is 234 g/mol. The number of aryl methyl sites for hydroxylation is 2. The molecule has 0 aliphatic rings. The highest BCUT2D eigenvalue weighted by Gasteiger charge is 2.10. The van der Waals surface area contributed by atoms with Gasteiger partial charge in [0.25, 0.3) is 0 Å². The van der Waals surface area contributed by atoms with E-state index in [1.807, 2.05) is 17.9 Å². The van der Waals surface area contributed by atoms with Gasteiger partial charge in [-0.2, -0.15) is 0 Å². The van der Waals surface area contributed by atoms with Crippen molar-refractivity contribution in [3.63, 3.8) is 0 Å². The van der Waals surface area contributed by atoms with Gasteiger partial charge in [-0.15, -0.1) is 0 Å². The molecule has 0 heterocycles. The van der Waals surface area contributed by atoms with Gasteiger partial charge in [-0.1, -0.05) is 29.8 Å². The maximum absolute atomic E-state index is 11.9. The summed E-state index contributed by atoms with van der Waals surface area (Å²) in [6.45, 7) is 5.98. The predicted molar refractivity (Wildman–Crippen MR) is 70.8 cm³/mol. The number of carbonyl (C=O) groups is 1. The molecule has 17 heavy (non-hydrogen) atoms. The second-order valence-electron chi connectivity index (χ2n) is 4.25. The Bertz CT molecular complexity index is 363. The SMILES string of the molecule is CCN(CCN)C(=O)CCc1cccc(C)c1. The van der Waals surface area contributed by atoms with E-state index in [4.69, 9.17) is 5.73 Å². The number of benzene rings is 1. The van der Waals surface area contributed by atoms with Crippen LogP contribution in [0, 0.1) is 6.92 Å². The molecule has 0 aliphatic carbocycles. The fourth-order valence-electron chi connectivity index (χ4n) is 1.89. The lowest BCUT2D eigenvalue weighted by atomic mass is 10.1. The summed E-state index contributed by atoms with van der Waals surface area (Å²) >= 11 is 0. The Kier molecular flexibility index (Phi) is 5.70. The molecule has 1 amide bonds. The molecule has 0 atom stereocenters. The zero-order valence-corrected chi connectivity index (χ0v) is 10.8. The van der Waals surface area contributed by atoms with Gasteiger partial charge in [-0.3, -0.25) is 4.79 Å². The zero-order valence-electron chi connectivity index (χ0n) is 10.8. The lowest BCUT2D eigenvalue weighted by Gasteiger charge is -2.19. The number of hydrogen-bond donors (Lipinski definition) is 1. The van der Waals surface area contributed by atoms with E-state index >= 15 is 0 Å². The van der Waals surface area contributed by atoms with Crippen LogP contribution in [-0.4, -0.2) is 30.4 Å². The van der Waals surface area contributed by atoms with Crippen LogP contribution in [0.25, 0.3) is 0 Å². The molecule has 0 saturated carbocycles. The summed E-state index contributed by atoms with van der Waals surface area (Å²) in [6, 6.07) is 8.30. The first-order valence-electron chi connectivity index (χ1n) is 6.20. The number of nitrogens with zero attached hydrogens (tertiary/aromatic N) is 1. The van der Waals surface area contributed by atoms with E-state index in [0.29, 0.717) is 19.5 Å². The molecule has 0 aliphatic heterocycles. The van der Waals surface area contributed by atoms with Crippen LogP contribution < -0.4 is 5.73 Å². The van der Waals surface area contributed by atoms with Gasteiger partial charge in [0.05, 0.1) is 0 Å². The molecular formula is C14H22N2O. The Morgan fingerprint density at radius 2 is 2.18 bits per heavy atom. The molecule has 0 unspecified atom stereocenters. The summed E-state index contributed by atoms with van der Waals surface area (Å²) in [5, 5.41) is 0. The molecule has 3 heteroatoms. The van der Waals surface area contributed by atoms with E-state index in [2.05, 4.69) is 25.1 Å². The molecule has 3 nitrogen and oxygen atoms in total. The topological polar surface area (TPSA) is 46.3 Å². The van der Waals surface area contributed by atoms with Gasteiger partial charge >= 0.3 is 0 Å². The van der Waals surface area contributed by atoms with Gasteiger partial charge in [0.15, 0.2) is 0 Å². The van der Waals surface area contributed by atoms with Gasteiger partial charge in [-0.05, 0) is 25.8 Å². The smallest absolute Gasteiger partial charge is 0.222 e. The number of carbonyl (C=O) groups excluding carboxylic acids is 1. The van der Waals surface area contributed by atoms with Crippen molar-refractivity contribution in [2.75, 3.05) is 19.6 Å². The van der Waals surface area contributed by atoms with Gasteiger partial charge in [-0.25, -0.2) is 0 Å². The molecule has 0 bridgehead atoms. The van der Waals surface area contributed by atoms with E-state index < -0.39 is 0 Å². The highest BCUT2D eigenvalue weighted by molar-refractivity contribution is 5.76.